The van der Waals surface area contributed by atoms with E-state index in [0.29, 0.717) is 31.4 Å². The molecule has 1 atom stereocenters. The number of aryl methyl sites for hydroxylation is 2. The minimum atomic E-state index is -3.42. The van der Waals surface area contributed by atoms with Crippen molar-refractivity contribution in [2.75, 3.05) is 42.1 Å². The lowest BCUT2D eigenvalue weighted by Gasteiger charge is -2.32. The summed E-state index contributed by atoms with van der Waals surface area (Å²) in [7, 11) is -3.42. The number of anilines is 2. The highest BCUT2D eigenvalue weighted by Crippen LogP contribution is 2.37. The molecule has 8 nitrogen and oxygen atoms in total. The van der Waals surface area contributed by atoms with Crippen molar-refractivity contribution in [1.82, 2.24) is 5.32 Å². The summed E-state index contributed by atoms with van der Waals surface area (Å²) < 4.78 is 39.2. The van der Waals surface area contributed by atoms with E-state index >= 15 is 0 Å². The van der Waals surface area contributed by atoms with Crippen LogP contribution in [0.2, 0.25) is 0 Å². The molecule has 3 aromatic rings. The van der Waals surface area contributed by atoms with E-state index < -0.39 is 16.1 Å². The molecule has 42 heavy (non-hydrogen) atoms. The number of hydrogen-bond donors (Lipinski definition) is 1. The molecule has 0 aliphatic carbocycles. The Morgan fingerprint density at radius 2 is 1.76 bits per heavy atom. The van der Waals surface area contributed by atoms with Crippen molar-refractivity contribution in [3.63, 3.8) is 0 Å². The van der Waals surface area contributed by atoms with E-state index in [-0.39, 0.29) is 18.1 Å². The van der Waals surface area contributed by atoms with Crippen molar-refractivity contribution < 1.29 is 22.4 Å². The average Bonchev–Trinajstić information content (AvgIpc) is 3.52. The number of furan rings is 1. The van der Waals surface area contributed by atoms with Gasteiger partial charge >= 0.3 is 0 Å². The highest BCUT2D eigenvalue weighted by atomic mass is 32.2. The molecule has 1 aromatic heterocycles. The van der Waals surface area contributed by atoms with Gasteiger partial charge < -0.3 is 19.4 Å². The van der Waals surface area contributed by atoms with Gasteiger partial charge in [-0.25, -0.2) is 8.42 Å². The van der Waals surface area contributed by atoms with E-state index in [9.17, 15) is 13.2 Å². The van der Waals surface area contributed by atoms with E-state index in [1.54, 1.807) is 4.31 Å². The van der Waals surface area contributed by atoms with E-state index in [0.717, 1.165) is 72.6 Å². The summed E-state index contributed by atoms with van der Waals surface area (Å²) in [5.41, 5.74) is 5.63. The zero-order chi connectivity index (χ0) is 29.3. The summed E-state index contributed by atoms with van der Waals surface area (Å²) in [4.78, 5) is 16.0. The van der Waals surface area contributed by atoms with Gasteiger partial charge in [-0.05, 0) is 92.8 Å². The molecular weight excluding hydrogens is 550 g/mol. The highest BCUT2D eigenvalue weighted by molar-refractivity contribution is 7.92. The lowest BCUT2D eigenvalue weighted by Crippen LogP contribution is -2.34. The predicted octanol–water partition coefficient (Wildman–Crippen LogP) is 5.41. The second-order valence-corrected chi connectivity index (χ2v) is 13.9. The smallest absolute Gasteiger partial charge is 0.239 e. The number of amides is 1. The molecule has 4 heterocycles. The summed E-state index contributed by atoms with van der Waals surface area (Å²) in [6.07, 6.45) is 5.45. The number of carbonyl (C=O) groups excluding carboxylic acids is 1. The first kappa shape index (κ1) is 28.8. The Morgan fingerprint density at radius 3 is 2.50 bits per heavy atom. The number of sulfonamides is 1. The van der Waals surface area contributed by atoms with Gasteiger partial charge in [0, 0.05) is 44.1 Å². The normalized spacial score (nSPS) is 19.5. The molecular formula is C33H41N3O5S. The average molecular weight is 592 g/mol. The van der Waals surface area contributed by atoms with Gasteiger partial charge in [0.05, 0.1) is 17.9 Å². The van der Waals surface area contributed by atoms with Crippen LogP contribution in [-0.4, -0.2) is 47.2 Å². The Hall–Kier alpha value is -3.30. The van der Waals surface area contributed by atoms with Crippen molar-refractivity contribution in [3.8, 4) is 0 Å². The van der Waals surface area contributed by atoms with Crippen molar-refractivity contribution in [2.24, 2.45) is 5.92 Å². The fourth-order valence-corrected chi connectivity index (χ4v) is 8.22. The van der Waals surface area contributed by atoms with E-state index in [2.05, 4.69) is 35.3 Å². The van der Waals surface area contributed by atoms with Gasteiger partial charge in [0.1, 0.15) is 17.6 Å². The standard InChI is InChI=1S/C33H41N3O5S/c1-23-6-9-28(30(18-23)35-14-4-3-5-15-35)33(31-11-7-24(2)41-31)34-32(37)20-26-8-10-29-27(19-26)22-42(38,39)36(29)21-25-12-16-40-17-13-25/h6-11,18-19,25,33H,3-5,12-17,20-22H2,1-2H3,(H,34,37). The first-order valence-corrected chi connectivity index (χ1v) is 16.8. The molecule has 0 radical (unpaired) electrons. The van der Waals surface area contributed by atoms with Gasteiger partial charge in [0.2, 0.25) is 15.9 Å². The van der Waals surface area contributed by atoms with Crippen LogP contribution in [0.1, 0.15) is 71.9 Å². The quantitative estimate of drug-likeness (QED) is 0.377. The van der Waals surface area contributed by atoms with E-state index in [4.69, 9.17) is 9.15 Å². The number of fused-ring (bicyclic) bond motifs is 1. The first-order chi connectivity index (χ1) is 20.3. The molecule has 1 N–H and O–H groups in total. The van der Waals surface area contributed by atoms with Crippen LogP contribution in [0.5, 0.6) is 0 Å². The Kier molecular flexibility index (Phi) is 8.32. The molecule has 9 heteroatoms. The number of nitrogens with one attached hydrogen (secondary N) is 1. The molecule has 6 rings (SSSR count). The predicted molar refractivity (Wildman–Crippen MR) is 164 cm³/mol. The number of piperidine rings is 1. The van der Waals surface area contributed by atoms with Crippen LogP contribution < -0.4 is 14.5 Å². The van der Waals surface area contributed by atoms with Crippen LogP contribution in [0.3, 0.4) is 0 Å². The Morgan fingerprint density at radius 1 is 0.976 bits per heavy atom. The first-order valence-electron chi connectivity index (χ1n) is 15.2. The zero-order valence-electron chi connectivity index (χ0n) is 24.6. The Labute approximate surface area is 249 Å². The highest BCUT2D eigenvalue weighted by Gasteiger charge is 2.35. The number of rotatable bonds is 8. The monoisotopic (exact) mass is 591 g/mol. The number of hydrogen-bond acceptors (Lipinski definition) is 6. The molecule has 2 fully saturated rings. The van der Waals surface area contributed by atoms with Gasteiger partial charge in [0.25, 0.3) is 0 Å². The van der Waals surface area contributed by atoms with Crippen LogP contribution in [0.4, 0.5) is 11.4 Å². The molecule has 224 valence electrons. The third-order valence-electron chi connectivity index (χ3n) is 8.76. The molecule has 3 aliphatic heterocycles. The van der Waals surface area contributed by atoms with Gasteiger partial charge in [0.15, 0.2) is 0 Å². The van der Waals surface area contributed by atoms with Gasteiger partial charge in [-0.1, -0.05) is 24.3 Å². The summed E-state index contributed by atoms with van der Waals surface area (Å²) in [6.45, 7) is 7.85. The lowest BCUT2D eigenvalue weighted by atomic mass is 9.97. The molecule has 0 saturated carbocycles. The van der Waals surface area contributed by atoms with E-state index in [1.807, 2.05) is 37.3 Å². The van der Waals surface area contributed by atoms with Crippen molar-refractivity contribution >= 4 is 27.3 Å². The molecule has 2 saturated heterocycles. The minimum absolute atomic E-state index is 0.0299. The topological polar surface area (TPSA) is 92.1 Å². The second kappa shape index (κ2) is 12.1. The third-order valence-corrected chi connectivity index (χ3v) is 10.5. The number of ether oxygens (including phenoxy) is 1. The number of nitrogens with zero attached hydrogens (tertiary/aromatic N) is 2. The number of benzene rings is 2. The lowest BCUT2D eigenvalue weighted by molar-refractivity contribution is -0.121. The maximum atomic E-state index is 13.6. The van der Waals surface area contributed by atoms with Crippen LogP contribution >= 0.6 is 0 Å². The Balaban J connectivity index is 1.23. The zero-order valence-corrected chi connectivity index (χ0v) is 25.4. The van der Waals surface area contributed by atoms with Gasteiger partial charge in [-0.2, -0.15) is 0 Å². The fraction of sp³-hybridized carbons (Fsp3) is 0.485. The van der Waals surface area contributed by atoms with Crippen molar-refractivity contribution in [2.45, 2.75) is 64.2 Å². The van der Waals surface area contributed by atoms with E-state index in [1.165, 1.54) is 12.0 Å². The summed E-state index contributed by atoms with van der Waals surface area (Å²) >= 11 is 0. The fourth-order valence-electron chi connectivity index (χ4n) is 6.52. The molecule has 1 amide bonds. The van der Waals surface area contributed by atoms with Crippen LogP contribution in [-0.2, 0) is 31.7 Å². The Bertz CT molecular complexity index is 1540. The van der Waals surface area contributed by atoms with Crippen LogP contribution in [0.25, 0.3) is 0 Å². The second-order valence-electron chi connectivity index (χ2n) is 12.0. The van der Waals surface area contributed by atoms with Crippen LogP contribution in [0, 0.1) is 19.8 Å². The van der Waals surface area contributed by atoms with Gasteiger partial charge in [-0.15, -0.1) is 0 Å². The molecule has 0 spiro atoms. The largest absolute Gasteiger partial charge is 0.464 e. The van der Waals surface area contributed by atoms with Gasteiger partial charge in [-0.3, -0.25) is 9.10 Å². The number of carbonyl (C=O) groups is 1. The minimum Gasteiger partial charge on any atom is -0.464 e. The van der Waals surface area contributed by atoms with Crippen molar-refractivity contribution in [3.05, 3.63) is 82.3 Å². The summed E-state index contributed by atoms with van der Waals surface area (Å²) in [6, 6.07) is 15.5. The maximum Gasteiger partial charge on any atom is 0.239 e. The molecule has 3 aliphatic rings. The van der Waals surface area contributed by atoms with Crippen LogP contribution in [0.15, 0.2) is 52.9 Å². The molecule has 0 bridgehead atoms. The maximum absolute atomic E-state index is 13.6. The summed E-state index contributed by atoms with van der Waals surface area (Å²) in [5, 5.41) is 3.26. The summed E-state index contributed by atoms with van der Waals surface area (Å²) in [5.74, 6) is 1.62. The van der Waals surface area contributed by atoms with Crippen molar-refractivity contribution in [1.29, 1.82) is 0 Å². The molecule has 2 aromatic carbocycles. The SMILES string of the molecule is Cc1ccc(C(NC(=O)Cc2ccc3c(c2)CS(=O)(=O)N3CC2CCOCC2)c2ccc(C)o2)c(N2CCCCC2)c1. The molecule has 1 unspecified atom stereocenters. The third kappa shape index (κ3) is 6.22.